The lowest BCUT2D eigenvalue weighted by Crippen LogP contribution is -2.29. The summed E-state index contributed by atoms with van der Waals surface area (Å²) in [5.41, 5.74) is 0. The van der Waals surface area contributed by atoms with Crippen LogP contribution < -0.4 is 0 Å². The van der Waals surface area contributed by atoms with Crippen LogP contribution in [0.2, 0.25) is 0 Å². The first kappa shape index (κ1) is 5.65. The predicted octanol–water partition coefficient (Wildman–Crippen LogP) is 1.51. The Bertz CT molecular complexity index is 217. The van der Waals surface area contributed by atoms with E-state index < -0.39 is 0 Å². The van der Waals surface area contributed by atoms with Gasteiger partial charge in [0.05, 0.1) is 0 Å². The molecular weight excluding hydrogens is 126 g/mol. The standard InChI is InChI=1S/C7H9N3/c1-6-8-9-7-4-2-3-5-10(6)7/h2-7H,1H3. The molecule has 0 aliphatic carbocycles. The molecule has 0 aromatic heterocycles. The smallest absolute Gasteiger partial charge is 0.162 e. The van der Waals surface area contributed by atoms with Crippen LogP contribution >= 0.6 is 0 Å². The maximum atomic E-state index is 4.05. The second-order valence-electron chi connectivity index (χ2n) is 2.45. The topological polar surface area (TPSA) is 28.0 Å². The highest BCUT2D eigenvalue weighted by Gasteiger charge is 2.23. The third-order valence-corrected chi connectivity index (χ3v) is 1.74. The van der Waals surface area contributed by atoms with Gasteiger partial charge in [-0.05, 0) is 19.1 Å². The first-order valence-corrected chi connectivity index (χ1v) is 3.40. The van der Waals surface area contributed by atoms with Crippen molar-refractivity contribution in [3.05, 3.63) is 24.4 Å². The van der Waals surface area contributed by atoms with Gasteiger partial charge in [0.1, 0.15) is 6.17 Å². The molecule has 2 aliphatic heterocycles. The minimum Gasteiger partial charge on any atom is -0.328 e. The number of allylic oxidation sites excluding steroid dienone is 2. The minimum atomic E-state index is 0.167. The van der Waals surface area contributed by atoms with E-state index in [-0.39, 0.29) is 12.3 Å². The summed E-state index contributed by atoms with van der Waals surface area (Å²) in [5, 5.41) is 8.08. The number of fused-ring (bicyclic) bond motifs is 1. The molecule has 3 heteroatoms. The van der Waals surface area contributed by atoms with Crippen LogP contribution in [-0.4, -0.2) is 17.2 Å². The summed E-state index contributed by atoms with van der Waals surface area (Å²) in [7, 11) is 0. The van der Waals surface area contributed by atoms with Crippen molar-refractivity contribution in [2.75, 3.05) is 0 Å². The van der Waals surface area contributed by atoms with Crippen LogP contribution in [0.15, 0.2) is 34.7 Å². The maximum absolute atomic E-state index is 4.05. The molecule has 2 heterocycles. The number of rotatable bonds is 0. The molecule has 10 heavy (non-hydrogen) atoms. The van der Waals surface area contributed by atoms with Gasteiger partial charge in [-0.25, -0.2) is 0 Å². The second kappa shape index (κ2) is 1.94. The molecule has 0 aromatic rings. The fourth-order valence-corrected chi connectivity index (χ4v) is 1.17. The van der Waals surface area contributed by atoms with Gasteiger partial charge in [-0.1, -0.05) is 6.08 Å². The largest absolute Gasteiger partial charge is 0.328 e. The molecule has 0 saturated carbocycles. The van der Waals surface area contributed by atoms with Crippen LogP contribution in [0.5, 0.6) is 0 Å². The molecule has 0 spiro atoms. The lowest BCUT2D eigenvalue weighted by atomic mass is 10.3. The molecular formula is C7H9N3. The van der Waals surface area contributed by atoms with Gasteiger partial charge in [-0.15, -0.1) is 0 Å². The van der Waals surface area contributed by atoms with Crippen LogP contribution in [0.25, 0.3) is 0 Å². The van der Waals surface area contributed by atoms with Crippen molar-refractivity contribution in [2.24, 2.45) is 10.2 Å². The van der Waals surface area contributed by atoms with Crippen LogP contribution in [0.3, 0.4) is 0 Å². The van der Waals surface area contributed by atoms with Crippen LogP contribution in [-0.2, 0) is 0 Å². The summed E-state index contributed by atoms with van der Waals surface area (Å²) in [5.74, 6) is 0. The summed E-state index contributed by atoms with van der Waals surface area (Å²) in [4.78, 5) is 2.11. The van der Waals surface area contributed by atoms with E-state index in [1.54, 1.807) is 0 Å². The maximum Gasteiger partial charge on any atom is 0.162 e. The van der Waals surface area contributed by atoms with Crippen LogP contribution in [0.4, 0.5) is 0 Å². The Hall–Kier alpha value is -1.12. The molecule has 0 radical (unpaired) electrons. The van der Waals surface area contributed by atoms with E-state index in [9.17, 15) is 0 Å². The third kappa shape index (κ3) is 0.667. The Kier molecular flexibility index (Phi) is 1.09. The monoisotopic (exact) mass is 135 g/mol. The fraction of sp³-hybridized carbons (Fsp3) is 0.429. The highest BCUT2D eigenvalue weighted by atomic mass is 15.4. The minimum absolute atomic E-state index is 0.167. The van der Waals surface area contributed by atoms with Gasteiger partial charge in [0, 0.05) is 6.20 Å². The Morgan fingerprint density at radius 3 is 3.00 bits per heavy atom. The van der Waals surface area contributed by atoms with E-state index in [0.29, 0.717) is 0 Å². The summed E-state index contributed by atoms with van der Waals surface area (Å²) in [6.45, 7) is 2.03. The Morgan fingerprint density at radius 1 is 1.30 bits per heavy atom. The summed E-state index contributed by atoms with van der Waals surface area (Å²) >= 11 is 0. The highest BCUT2D eigenvalue weighted by Crippen LogP contribution is 2.20. The van der Waals surface area contributed by atoms with Crippen LogP contribution in [0, 0.1) is 0 Å². The van der Waals surface area contributed by atoms with E-state index in [4.69, 9.17) is 0 Å². The Balaban J connectivity index is 2.26. The highest BCUT2D eigenvalue weighted by molar-refractivity contribution is 5.14. The SMILES string of the molecule is CC1N=NC2C=CC=CN12. The quantitative estimate of drug-likeness (QED) is 0.494. The molecule has 0 aromatic carbocycles. The Labute approximate surface area is 59.7 Å². The second-order valence-corrected chi connectivity index (χ2v) is 2.45. The van der Waals surface area contributed by atoms with Gasteiger partial charge in [-0.2, -0.15) is 10.2 Å². The molecule has 2 rings (SSSR count). The zero-order valence-corrected chi connectivity index (χ0v) is 5.81. The van der Waals surface area contributed by atoms with Crippen molar-refractivity contribution in [3.8, 4) is 0 Å². The molecule has 2 aliphatic rings. The average molecular weight is 135 g/mol. The molecule has 0 bridgehead atoms. The fourth-order valence-electron chi connectivity index (χ4n) is 1.17. The van der Waals surface area contributed by atoms with Gasteiger partial charge in [0.2, 0.25) is 0 Å². The first-order valence-electron chi connectivity index (χ1n) is 3.40. The zero-order chi connectivity index (χ0) is 6.97. The molecule has 0 saturated heterocycles. The van der Waals surface area contributed by atoms with E-state index in [0.717, 1.165) is 0 Å². The van der Waals surface area contributed by atoms with Gasteiger partial charge < -0.3 is 4.90 Å². The normalized spacial score (nSPS) is 35.1. The van der Waals surface area contributed by atoms with Crippen molar-refractivity contribution < 1.29 is 0 Å². The van der Waals surface area contributed by atoms with E-state index in [1.165, 1.54) is 0 Å². The van der Waals surface area contributed by atoms with Crippen LogP contribution in [0.1, 0.15) is 6.92 Å². The molecule has 0 amide bonds. The average Bonchev–Trinajstić information content (AvgIpc) is 2.34. The van der Waals surface area contributed by atoms with Crippen molar-refractivity contribution in [3.63, 3.8) is 0 Å². The van der Waals surface area contributed by atoms with Crippen molar-refractivity contribution >= 4 is 0 Å². The molecule has 52 valence electrons. The summed E-state index contributed by atoms with van der Waals surface area (Å²) in [6, 6.07) is 0. The lowest BCUT2D eigenvalue weighted by molar-refractivity contribution is 0.309. The number of hydrogen-bond acceptors (Lipinski definition) is 3. The van der Waals surface area contributed by atoms with Crippen molar-refractivity contribution in [1.82, 2.24) is 4.90 Å². The van der Waals surface area contributed by atoms with Crippen molar-refractivity contribution in [2.45, 2.75) is 19.3 Å². The number of hydrogen-bond donors (Lipinski definition) is 0. The molecule has 2 unspecified atom stereocenters. The Morgan fingerprint density at radius 2 is 2.20 bits per heavy atom. The van der Waals surface area contributed by atoms with Gasteiger partial charge in [0.15, 0.2) is 6.17 Å². The summed E-state index contributed by atoms with van der Waals surface area (Å²) in [6.07, 6.45) is 8.44. The zero-order valence-electron chi connectivity index (χ0n) is 5.81. The number of azo groups is 1. The predicted molar refractivity (Wildman–Crippen MR) is 38.2 cm³/mol. The van der Waals surface area contributed by atoms with Crippen molar-refractivity contribution in [1.29, 1.82) is 0 Å². The van der Waals surface area contributed by atoms with E-state index in [1.807, 2.05) is 31.4 Å². The first-order chi connectivity index (χ1) is 4.88. The van der Waals surface area contributed by atoms with Gasteiger partial charge >= 0.3 is 0 Å². The molecule has 0 fully saturated rings. The third-order valence-electron chi connectivity index (χ3n) is 1.74. The van der Waals surface area contributed by atoms with Gasteiger partial charge in [0.25, 0.3) is 0 Å². The molecule has 3 nitrogen and oxygen atoms in total. The summed E-state index contributed by atoms with van der Waals surface area (Å²) < 4.78 is 0. The van der Waals surface area contributed by atoms with E-state index in [2.05, 4.69) is 15.1 Å². The van der Waals surface area contributed by atoms with Gasteiger partial charge in [-0.3, -0.25) is 0 Å². The lowest BCUT2D eigenvalue weighted by Gasteiger charge is -2.22. The number of nitrogens with zero attached hydrogens (tertiary/aromatic N) is 3. The molecule has 2 atom stereocenters. The molecule has 0 N–H and O–H groups in total. The van der Waals surface area contributed by atoms with E-state index >= 15 is 0 Å².